The summed E-state index contributed by atoms with van der Waals surface area (Å²) in [6.45, 7) is 0.627. The topological polar surface area (TPSA) is 96.9 Å². The number of halogens is 3. The van der Waals surface area contributed by atoms with E-state index in [1.807, 2.05) is 12.3 Å². The summed E-state index contributed by atoms with van der Waals surface area (Å²) in [5, 5.41) is 12.8. The first-order valence-corrected chi connectivity index (χ1v) is 10.3. The van der Waals surface area contributed by atoms with Gasteiger partial charge in [-0.05, 0) is 55.9 Å². The fourth-order valence-corrected chi connectivity index (χ4v) is 4.51. The molecule has 10 heteroatoms. The quantitative estimate of drug-likeness (QED) is 0.412. The minimum absolute atomic E-state index is 0.258. The van der Waals surface area contributed by atoms with Gasteiger partial charge in [0, 0.05) is 35.4 Å². The first-order valence-electron chi connectivity index (χ1n) is 10.3. The zero-order chi connectivity index (χ0) is 21.6. The maximum Gasteiger partial charge on any atom is 0.418 e. The van der Waals surface area contributed by atoms with Gasteiger partial charge in [-0.1, -0.05) is 5.21 Å². The summed E-state index contributed by atoms with van der Waals surface area (Å²) in [5.41, 5.74) is 7.66. The van der Waals surface area contributed by atoms with E-state index in [0.717, 1.165) is 54.0 Å². The summed E-state index contributed by atoms with van der Waals surface area (Å²) in [5.74, 6) is 0.696. The van der Waals surface area contributed by atoms with Gasteiger partial charge in [-0.2, -0.15) is 13.2 Å². The molecule has 0 amide bonds. The molecule has 7 nitrogen and oxygen atoms in total. The third-order valence-electron chi connectivity index (χ3n) is 6.18. The van der Waals surface area contributed by atoms with Crippen LogP contribution in [0.3, 0.4) is 0 Å². The summed E-state index contributed by atoms with van der Waals surface area (Å²) in [7, 11) is 0. The van der Waals surface area contributed by atoms with Gasteiger partial charge in [0.15, 0.2) is 0 Å². The van der Waals surface area contributed by atoms with Gasteiger partial charge in [0.25, 0.3) is 0 Å². The number of benzene rings is 1. The van der Waals surface area contributed by atoms with Crippen molar-refractivity contribution in [2.75, 3.05) is 17.6 Å². The van der Waals surface area contributed by atoms with Gasteiger partial charge in [-0.25, -0.2) is 9.50 Å². The normalized spacial score (nSPS) is 19.8. The second-order valence-corrected chi connectivity index (χ2v) is 8.15. The molecule has 4 N–H and O–H groups in total. The predicted molar refractivity (Wildman–Crippen MR) is 112 cm³/mol. The summed E-state index contributed by atoms with van der Waals surface area (Å²) in [4.78, 5) is 7.46. The molecule has 0 aliphatic heterocycles. The van der Waals surface area contributed by atoms with Crippen molar-refractivity contribution in [2.45, 2.75) is 37.8 Å². The van der Waals surface area contributed by atoms with Crippen LogP contribution in [0.15, 0.2) is 36.8 Å². The zero-order valence-corrected chi connectivity index (χ0v) is 16.7. The highest BCUT2D eigenvalue weighted by molar-refractivity contribution is 5.92. The summed E-state index contributed by atoms with van der Waals surface area (Å²) < 4.78 is 40.9. The van der Waals surface area contributed by atoms with Crippen LogP contribution in [-0.4, -0.2) is 31.3 Å². The maximum absolute atomic E-state index is 13.1. The van der Waals surface area contributed by atoms with E-state index < -0.39 is 11.7 Å². The molecule has 0 radical (unpaired) electrons. The molecule has 0 atom stereocenters. The first kappa shape index (κ1) is 19.7. The van der Waals surface area contributed by atoms with Crippen LogP contribution in [0.1, 0.15) is 42.9 Å². The lowest BCUT2D eigenvalue weighted by Gasteiger charge is -2.28. The minimum Gasteiger partial charge on any atom is -0.398 e. The van der Waals surface area contributed by atoms with Gasteiger partial charge in [0.1, 0.15) is 17.5 Å². The van der Waals surface area contributed by atoms with E-state index in [-0.39, 0.29) is 5.69 Å². The fourth-order valence-electron chi connectivity index (χ4n) is 4.51. The van der Waals surface area contributed by atoms with Crippen LogP contribution in [0.2, 0.25) is 0 Å². The van der Waals surface area contributed by atoms with Crippen LogP contribution in [0.4, 0.5) is 24.5 Å². The Kier molecular flexibility index (Phi) is 4.71. The van der Waals surface area contributed by atoms with E-state index in [4.69, 9.17) is 5.73 Å². The van der Waals surface area contributed by atoms with Crippen LogP contribution in [-0.2, 0) is 6.18 Å². The highest BCUT2D eigenvalue weighted by Gasteiger charge is 2.33. The highest BCUT2D eigenvalue weighted by Crippen LogP contribution is 2.38. The number of hydrogen-bond acceptors (Lipinski definition) is 5. The molecule has 1 saturated carbocycles. The molecule has 0 unspecified atom stereocenters. The molecular formula is C21H22F3N7. The van der Waals surface area contributed by atoms with Gasteiger partial charge in [-0.15, -0.1) is 5.10 Å². The molecule has 1 aromatic carbocycles. The van der Waals surface area contributed by atoms with E-state index in [2.05, 4.69) is 25.6 Å². The molecule has 1 aliphatic rings. The molecular weight excluding hydrogens is 407 g/mol. The van der Waals surface area contributed by atoms with Crippen LogP contribution in [0.5, 0.6) is 0 Å². The lowest BCUT2D eigenvalue weighted by atomic mass is 9.80. The van der Waals surface area contributed by atoms with Crippen molar-refractivity contribution in [3.8, 4) is 0 Å². The Labute approximate surface area is 175 Å². The van der Waals surface area contributed by atoms with E-state index >= 15 is 0 Å². The summed E-state index contributed by atoms with van der Waals surface area (Å²) >= 11 is 0. The Morgan fingerprint density at radius 3 is 2.74 bits per heavy atom. The van der Waals surface area contributed by atoms with Crippen molar-refractivity contribution in [1.82, 2.24) is 24.8 Å². The summed E-state index contributed by atoms with van der Waals surface area (Å²) in [6.07, 6.45) is 2.94. The van der Waals surface area contributed by atoms with Gasteiger partial charge < -0.3 is 16.0 Å². The number of aromatic nitrogens is 5. The molecule has 0 saturated heterocycles. The lowest BCUT2D eigenvalue weighted by Crippen LogP contribution is -2.21. The SMILES string of the molecule is Nc1ccc(NC[C@H]2CC[C@H](c3nnn4cnc5[nH]ccc5c34)CC2)cc1C(F)(F)F. The Balaban J connectivity index is 1.25. The number of alkyl halides is 3. The number of anilines is 2. The van der Waals surface area contributed by atoms with Crippen molar-refractivity contribution in [3.05, 3.63) is 48.0 Å². The van der Waals surface area contributed by atoms with Gasteiger partial charge in [-0.3, -0.25) is 0 Å². The molecule has 3 heterocycles. The van der Waals surface area contributed by atoms with Crippen LogP contribution in [0.25, 0.3) is 16.6 Å². The number of nitrogen functional groups attached to an aromatic ring is 1. The molecule has 5 rings (SSSR count). The number of aromatic amines is 1. The van der Waals surface area contributed by atoms with Crippen molar-refractivity contribution >= 4 is 27.9 Å². The van der Waals surface area contributed by atoms with Crippen molar-refractivity contribution in [1.29, 1.82) is 0 Å². The number of nitrogens with one attached hydrogen (secondary N) is 2. The van der Waals surface area contributed by atoms with Gasteiger partial charge >= 0.3 is 6.18 Å². The number of H-pyrrole nitrogens is 1. The zero-order valence-electron chi connectivity index (χ0n) is 16.7. The van der Waals surface area contributed by atoms with E-state index in [1.54, 1.807) is 16.9 Å². The van der Waals surface area contributed by atoms with Gasteiger partial charge in [0.05, 0.1) is 11.3 Å². The number of hydrogen-bond donors (Lipinski definition) is 3. The van der Waals surface area contributed by atoms with E-state index in [1.165, 1.54) is 6.07 Å². The van der Waals surface area contributed by atoms with Crippen LogP contribution in [0, 0.1) is 5.92 Å². The minimum atomic E-state index is -4.46. The average molecular weight is 429 g/mol. The second-order valence-electron chi connectivity index (χ2n) is 8.15. The third-order valence-corrected chi connectivity index (χ3v) is 6.18. The molecule has 0 bridgehead atoms. The maximum atomic E-state index is 13.1. The van der Waals surface area contributed by atoms with Gasteiger partial charge in [0.2, 0.25) is 0 Å². The van der Waals surface area contributed by atoms with Crippen molar-refractivity contribution in [2.24, 2.45) is 5.92 Å². The molecule has 3 aromatic heterocycles. The van der Waals surface area contributed by atoms with Crippen molar-refractivity contribution in [3.63, 3.8) is 0 Å². The second kappa shape index (κ2) is 7.44. The molecule has 0 spiro atoms. The Bertz CT molecular complexity index is 1220. The number of fused-ring (bicyclic) bond motifs is 3. The molecule has 1 fully saturated rings. The molecule has 4 aromatic rings. The standard InChI is InChI=1S/C21H22F3N7/c22-21(23,24)16-9-14(5-6-17(16)25)27-10-12-1-3-13(4-2-12)18-19-15-7-8-26-20(15)28-11-31(19)30-29-18/h5-9,11-13,26-27H,1-4,10,25H2/t12-,13-. The summed E-state index contributed by atoms with van der Waals surface area (Å²) in [6, 6.07) is 5.97. The Morgan fingerprint density at radius 2 is 1.97 bits per heavy atom. The largest absolute Gasteiger partial charge is 0.418 e. The van der Waals surface area contributed by atoms with E-state index in [0.29, 0.717) is 24.1 Å². The third kappa shape index (κ3) is 3.66. The smallest absolute Gasteiger partial charge is 0.398 e. The average Bonchev–Trinajstić information content (AvgIpc) is 3.39. The van der Waals surface area contributed by atoms with Crippen molar-refractivity contribution < 1.29 is 13.2 Å². The number of rotatable bonds is 4. The van der Waals surface area contributed by atoms with E-state index in [9.17, 15) is 13.2 Å². The fraction of sp³-hybridized carbons (Fsp3) is 0.381. The van der Waals surface area contributed by atoms with Crippen LogP contribution >= 0.6 is 0 Å². The molecule has 1 aliphatic carbocycles. The van der Waals surface area contributed by atoms with Crippen LogP contribution < -0.4 is 11.1 Å². The highest BCUT2D eigenvalue weighted by atomic mass is 19.4. The number of nitrogens with zero attached hydrogens (tertiary/aromatic N) is 4. The first-order chi connectivity index (χ1) is 14.9. The molecule has 162 valence electrons. The Hall–Kier alpha value is -3.30. The Morgan fingerprint density at radius 1 is 1.16 bits per heavy atom. The monoisotopic (exact) mass is 429 g/mol. The molecule has 31 heavy (non-hydrogen) atoms. The number of nitrogens with two attached hydrogens (primary N) is 1. The lowest BCUT2D eigenvalue weighted by molar-refractivity contribution is -0.136. The predicted octanol–water partition coefficient (Wildman–Crippen LogP) is 4.59.